The molecule has 2 heteroatoms. The van der Waals surface area contributed by atoms with Gasteiger partial charge in [0.1, 0.15) is 5.75 Å². The molecule has 2 atom stereocenters. The lowest BCUT2D eigenvalue weighted by Crippen LogP contribution is -2.26. The molecule has 108 valence electrons. The van der Waals surface area contributed by atoms with Crippen LogP contribution in [-0.2, 0) is 0 Å². The molecule has 0 saturated carbocycles. The van der Waals surface area contributed by atoms with Gasteiger partial charge in [0, 0.05) is 17.0 Å². The van der Waals surface area contributed by atoms with Crippen molar-refractivity contribution >= 4 is 10.8 Å². The fourth-order valence-electron chi connectivity index (χ4n) is 2.33. The highest BCUT2D eigenvalue weighted by Gasteiger charge is 2.14. The summed E-state index contributed by atoms with van der Waals surface area (Å²) in [5.74, 6) is 1.69. The van der Waals surface area contributed by atoms with Crippen molar-refractivity contribution < 1.29 is 5.11 Å². The second-order valence-electron chi connectivity index (χ2n) is 6.08. The van der Waals surface area contributed by atoms with Gasteiger partial charge in [-0.15, -0.1) is 0 Å². The van der Waals surface area contributed by atoms with Gasteiger partial charge >= 0.3 is 0 Å². The predicted octanol–water partition coefficient (Wildman–Crippen LogP) is 4.49. The molecule has 0 aliphatic carbocycles. The van der Waals surface area contributed by atoms with Crippen LogP contribution in [0.15, 0.2) is 36.4 Å². The van der Waals surface area contributed by atoms with E-state index in [0.29, 0.717) is 17.6 Å². The molecule has 0 aliphatic rings. The highest BCUT2D eigenvalue weighted by atomic mass is 16.3. The van der Waals surface area contributed by atoms with Gasteiger partial charge in [-0.05, 0) is 30.7 Å². The molecule has 0 fully saturated rings. The molecule has 0 heterocycles. The van der Waals surface area contributed by atoms with E-state index in [2.05, 4.69) is 39.1 Å². The molecule has 0 aliphatic heterocycles. The van der Waals surface area contributed by atoms with Gasteiger partial charge in [-0.1, -0.05) is 57.2 Å². The van der Waals surface area contributed by atoms with E-state index in [1.54, 1.807) is 0 Å². The molecular weight excluding hydrogens is 246 g/mol. The summed E-state index contributed by atoms with van der Waals surface area (Å²) >= 11 is 0. The van der Waals surface area contributed by atoms with Crippen LogP contribution in [0.3, 0.4) is 0 Å². The third-order valence-electron chi connectivity index (χ3n) is 4.28. The first-order valence-electron chi connectivity index (χ1n) is 7.44. The van der Waals surface area contributed by atoms with Crippen molar-refractivity contribution in [1.29, 1.82) is 0 Å². The largest absolute Gasteiger partial charge is 0.507 e. The molecule has 0 aromatic heterocycles. The summed E-state index contributed by atoms with van der Waals surface area (Å²) in [5.41, 5.74) is 0.972. The third-order valence-corrected chi connectivity index (χ3v) is 4.28. The summed E-state index contributed by atoms with van der Waals surface area (Å²) in [6, 6.07) is 12.2. The number of hydrogen-bond acceptors (Lipinski definition) is 2. The van der Waals surface area contributed by atoms with E-state index in [4.69, 9.17) is 0 Å². The molecule has 0 amide bonds. The molecular formula is C18H25NO. The average molecular weight is 271 g/mol. The van der Waals surface area contributed by atoms with Gasteiger partial charge in [0.05, 0.1) is 0 Å². The number of hydrogen-bond donors (Lipinski definition) is 2. The SMILES string of the molecule is CC(NCC(C)C(C)C)c1ccc2ccccc2c1O. The van der Waals surface area contributed by atoms with Crippen LogP contribution in [0.25, 0.3) is 10.8 Å². The lowest BCUT2D eigenvalue weighted by molar-refractivity contribution is 0.371. The lowest BCUT2D eigenvalue weighted by atomic mass is 9.96. The maximum atomic E-state index is 10.5. The van der Waals surface area contributed by atoms with Crippen LogP contribution >= 0.6 is 0 Å². The van der Waals surface area contributed by atoms with E-state index in [1.807, 2.05) is 30.3 Å². The number of phenols is 1. The minimum Gasteiger partial charge on any atom is -0.507 e. The molecule has 2 aromatic rings. The molecule has 0 spiro atoms. The number of nitrogens with one attached hydrogen (secondary N) is 1. The minimum atomic E-state index is 0.154. The fourth-order valence-corrected chi connectivity index (χ4v) is 2.33. The monoisotopic (exact) mass is 271 g/mol. The summed E-state index contributed by atoms with van der Waals surface area (Å²) in [5, 5.41) is 16.0. The van der Waals surface area contributed by atoms with Crippen LogP contribution in [0.4, 0.5) is 0 Å². The quantitative estimate of drug-likeness (QED) is 0.840. The smallest absolute Gasteiger partial charge is 0.128 e. The van der Waals surface area contributed by atoms with Crippen LogP contribution in [-0.4, -0.2) is 11.7 Å². The highest BCUT2D eigenvalue weighted by molar-refractivity contribution is 5.89. The average Bonchev–Trinajstić information content (AvgIpc) is 2.45. The first kappa shape index (κ1) is 14.9. The van der Waals surface area contributed by atoms with Crippen molar-refractivity contribution in [2.24, 2.45) is 11.8 Å². The van der Waals surface area contributed by atoms with Crippen molar-refractivity contribution in [2.45, 2.75) is 33.7 Å². The topological polar surface area (TPSA) is 32.3 Å². The zero-order valence-corrected chi connectivity index (χ0v) is 12.9. The number of aromatic hydroxyl groups is 1. The zero-order chi connectivity index (χ0) is 14.7. The van der Waals surface area contributed by atoms with Crippen LogP contribution in [0.5, 0.6) is 5.75 Å². The Morgan fingerprint density at radius 3 is 2.40 bits per heavy atom. The Morgan fingerprint density at radius 1 is 1.00 bits per heavy atom. The Morgan fingerprint density at radius 2 is 1.70 bits per heavy atom. The Bertz CT molecular complexity index is 577. The maximum absolute atomic E-state index is 10.5. The molecule has 2 N–H and O–H groups in total. The van der Waals surface area contributed by atoms with Gasteiger partial charge in [-0.2, -0.15) is 0 Å². The normalized spacial score (nSPS) is 14.7. The maximum Gasteiger partial charge on any atom is 0.128 e. The number of rotatable bonds is 5. The second-order valence-corrected chi connectivity index (χ2v) is 6.08. The van der Waals surface area contributed by atoms with Crippen LogP contribution in [0.2, 0.25) is 0 Å². The van der Waals surface area contributed by atoms with E-state index < -0.39 is 0 Å². The van der Waals surface area contributed by atoms with E-state index in [9.17, 15) is 5.11 Å². The molecule has 2 unspecified atom stereocenters. The number of fused-ring (bicyclic) bond motifs is 1. The predicted molar refractivity (Wildman–Crippen MR) is 86.0 cm³/mol. The van der Waals surface area contributed by atoms with Gasteiger partial charge in [0.25, 0.3) is 0 Å². The summed E-state index contributed by atoms with van der Waals surface area (Å²) in [7, 11) is 0. The molecule has 0 radical (unpaired) electrons. The molecule has 0 bridgehead atoms. The van der Waals surface area contributed by atoms with E-state index in [1.165, 1.54) is 0 Å². The van der Waals surface area contributed by atoms with Gasteiger partial charge in [0.2, 0.25) is 0 Å². The fraction of sp³-hybridized carbons (Fsp3) is 0.444. The Labute approximate surface area is 121 Å². The van der Waals surface area contributed by atoms with Crippen LogP contribution in [0, 0.1) is 11.8 Å². The van der Waals surface area contributed by atoms with Crippen molar-refractivity contribution in [1.82, 2.24) is 5.32 Å². The summed E-state index contributed by atoms with van der Waals surface area (Å²) in [6.07, 6.45) is 0. The summed E-state index contributed by atoms with van der Waals surface area (Å²) in [6.45, 7) is 9.81. The molecule has 0 saturated heterocycles. The van der Waals surface area contributed by atoms with E-state index in [0.717, 1.165) is 22.9 Å². The Kier molecular flexibility index (Phi) is 4.66. The first-order valence-corrected chi connectivity index (χ1v) is 7.44. The number of benzene rings is 2. The standard InChI is InChI=1S/C18H25NO/c1-12(2)13(3)11-19-14(4)16-10-9-15-7-5-6-8-17(15)18(16)20/h5-10,12-14,19-20H,11H2,1-4H3. The van der Waals surface area contributed by atoms with E-state index in [-0.39, 0.29) is 6.04 Å². The zero-order valence-electron chi connectivity index (χ0n) is 12.9. The van der Waals surface area contributed by atoms with Crippen LogP contribution < -0.4 is 5.32 Å². The van der Waals surface area contributed by atoms with Crippen LogP contribution in [0.1, 0.15) is 39.3 Å². The molecule has 2 aromatic carbocycles. The minimum absolute atomic E-state index is 0.154. The lowest BCUT2D eigenvalue weighted by Gasteiger charge is -2.21. The Hall–Kier alpha value is -1.54. The van der Waals surface area contributed by atoms with Crippen molar-refractivity contribution in [3.05, 3.63) is 42.0 Å². The third kappa shape index (κ3) is 3.13. The molecule has 2 nitrogen and oxygen atoms in total. The van der Waals surface area contributed by atoms with Crippen molar-refractivity contribution in [3.8, 4) is 5.75 Å². The summed E-state index contributed by atoms with van der Waals surface area (Å²) in [4.78, 5) is 0. The van der Waals surface area contributed by atoms with Crippen molar-refractivity contribution in [3.63, 3.8) is 0 Å². The Balaban J connectivity index is 2.18. The van der Waals surface area contributed by atoms with Crippen molar-refractivity contribution in [2.75, 3.05) is 6.54 Å². The van der Waals surface area contributed by atoms with Gasteiger partial charge in [-0.25, -0.2) is 0 Å². The first-order chi connectivity index (χ1) is 9.50. The van der Waals surface area contributed by atoms with Gasteiger partial charge in [0.15, 0.2) is 0 Å². The van der Waals surface area contributed by atoms with E-state index >= 15 is 0 Å². The number of phenolic OH excluding ortho intramolecular Hbond substituents is 1. The highest BCUT2D eigenvalue weighted by Crippen LogP contribution is 2.32. The molecule has 20 heavy (non-hydrogen) atoms. The van der Waals surface area contributed by atoms with Gasteiger partial charge < -0.3 is 10.4 Å². The summed E-state index contributed by atoms with van der Waals surface area (Å²) < 4.78 is 0. The second kappa shape index (κ2) is 6.27. The molecule has 2 rings (SSSR count). The van der Waals surface area contributed by atoms with Gasteiger partial charge in [-0.3, -0.25) is 0 Å².